The Morgan fingerprint density at radius 3 is 2.84 bits per heavy atom. The highest BCUT2D eigenvalue weighted by molar-refractivity contribution is 6.37. The van der Waals surface area contributed by atoms with Crippen LogP contribution < -0.4 is 10.5 Å². The number of hydrogen-bond donors (Lipinski definition) is 2. The van der Waals surface area contributed by atoms with Gasteiger partial charge in [0.25, 0.3) is 0 Å². The molecule has 5 nitrogen and oxygen atoms in total. The van der Waals surface area contributed by atoms with Crippen LogP contribution in [-0.2, 0) is 0 Å². The molecule has 2 heterocycles. The highest BCUT2D eigenvalue weighted by Crippen LogP contribution is 2.40. The van der Waals surface area contributed by atoms with Crippen LogP contribution >= 0.6 is 11.6 Å². The second-order valence-corrected chi connectivity index (χ2v) is 4.65. The number of hydrogen-bond acceptors (Lipinski definition) is 4. The van der Waals surface area contributed by atoms with E-state index in [0.717, 1.165) is 27.9 Å². The largest absolute Gasteiger partial charge is 0.495 e. The molecule has 3 N–H and O–H groups in total. The van der Waals surface area contributed by atoms with E-state index < -0.39 is 0 Å². The second kappa shape index (κ2) is 4.20. The molecule has 0 saturated heterocycles. The molecule has 2 aromatic heterocycles. The Morgan fingerprint density at radius 1 is 1.42 bits per heavy atom. The van der Waals surface area contributed by atoms with E-state index in [4.69, 9.17) is 26.6 Å². The fourth-order valence-electron chi connectivity index (χ4n) is 2.25. The molecular weight excluding hydrogens is 266 g/mol. The van der Waals surface area contributed by atoms with E-state index in [0.29, 0.717) is 16.6 Å². The zero-order valence-corrected chi connectivity index (χ0v) is 11.2. The maximum atomic E-state index is 6.29. The lowest BCUT2D eigenvalue weighted by molar-refractivity contribution is 0.419. The average molecular weight is 278 g/mol. The van der Waals surface area contributed by atoms with Crippen LogP contribution in [0.4, 0.5) is 5.82 Å². The van der Waals surface area contributed by atoms with Crippen molar-refractivity contribution in [3.63, 3.8) is 0 Å². The predicted octanol–water partition coefficient (Wildman–Crippen LogP) is 3.38. The third kappa shape index (κ3) is 1.74. The minimum Gasteiger partial charge on any atom is -0.495 e. The van der Waals surface area contributed by atoms with Gasteiger partial charge in [0, 0.05) is 17.1 Å². The molecule has 0 aliphatic heterocycles. The number of nitrogen functional groups attached to an aromatic ring is 1. The molecule has 0 unspecified atom stereocenters. The quantitative estimate of drug-likeness (QED) is 0.753. The molecule has 0 fully saturated rings. The first-order valence-electron chi connectivity index (χ1n) is 5.69. The highest BCUT2D eigenvalue weighted by Gasteiger charge is 2.19. The number of fused-ring (bicyclic) bond motifs is 1. The van der Waals surface area contributed by atoms with Crippen molar-refractivity contribution in [1.82, 2.24) is 10.1 Å². The summed E-state index contributed by atoms with van der Waals surface area (Å²) in [5, 5.41) is 5.17. The number of ether oxygens (including phenoxy) is 1. The summed E-state index contributed by atoms with van der Waals surface area (Å²) in [5.41, 5.74) is 8.20. The van der Waals surface area contributed by atoms with Crippen molar-refractivity contribution in [2.75, 3.05) is 12.8 Å². The lowest BCUT2D eigenvalue weighted by Gasteiger charge is -2.03. The van der Waals surface area contributed by atoms with Crippen LogP contribution in [0.15, 0.2) is 22.7 Å². The zero-order chi connectivity index (χ0) is 13.6. The number of methoxy groups -OCH3 is 1. The van der Waals surface area contributed by atoms with Gasteiger partial charge in [0.1, 0.15) is 5.75 Å². The Hall–Kier alpha value is -2.14. The summed E-state index contributed by atoms with van der Waals surface area (Å²) >= 11 is 6.29. The monoisotopic (exact) mass is 277 g/mol. The van der Waals surface area contributed by atoms with Crippen LogP contribution in [-0.4, -0.2) is 17.3 Å². The number of aromatic nitrogens is 2. The Bertz CT molecular complexity index is 761. The summed E-state index contributed by atoms with van der Waals surface area (Å²) in [4.78, 5) is 3.26. The fraction of sp³-hybridized carbons (Fsp3) is 0.154. The standard InChI is InChI=1S/C13H12ClN3O2/c1-6-11(9-5-10(15)17-19-9)12-7(14)3-4-8(18-2)13(12)16-6/h3-5,16H,1-2H3,(H2,15,17). The number of anilines is 1. The van der Waals surface area contributed by atoms with E-state index in [1.807, 2.05) is 13.0 Å². The molecule has 0 aliphatic rings. The van der Waals surface area contributed by atoms with Gasteiger partial charge in [0.05, 0.1) is 23.2 Å². The van der Waals surface area contributed by atoms with E-state index >= 15 is 0 Å². The molecule has 0 aliphatic carbocycles. The van der Waals surface area contributed by atoms with Gasteiger partial charge in [-0.25, -0.2) is 0 Å². The maximum Gasteiger partial charge on any atom is 0.171 e. The van der Waals surface area contributed by atoms with Crippen molar-refractivity contribution in [2.24, 2.45) is 0 Å². The van der Waals surface area contributed by atoms with E-state index in [9.17, 15) is 0 Å². The van der Waals surface area contributed by atoms with Crippen molar-refractivity contribution in [1.29, 1.82) is 0 Å². The average Bonchev–Trinajstić information content (AvgIpc) is 2.93. The molecule has 6 heteroatoms. The predicted molar refractivity (Wildman–Crippen MR) is 74.5 cm³/mol. The van der Waals surface area contributed by atoms with Crippen molar-refractivity contribution in [3.8, 4) is 17.1 Å². The fourth-order valence-corrected chi connectivity index (χ4v) is 2.50. The smallest absolute Gasteiger partial charge is 0.171 e. The topological polar surface area (TPSA) is 77.1 Å². The first-order chi connectivity index (χ1) is 9.11. The van der Waals surface area contributed by atoms with Crippen molar-refractivity contribution in [2.45, 2.75) is 6.92 Å². The van der Waals surface area contributed by atoms with Crippen LogP contribution in [0.2, 0.25) is 5.02 Å². The number of halogens is 1. The summed E-state index contributed by atoms with van der Waals surface area (Å²) in [6.45, 7) is 1.93. The Kier molecular flexibility index (Phi) is 2.64. The minimum atomic E-state index is 0.336. The number of H-pyrrole nitrogens is 1. The van der Waals surface area contributed by atoms with E-state index in [2.05, 4.69) is 10.1 Å². The third-order valence-corrected chi connectivity index (χ3v) is 3.36. The number of nitrogens with zero attached hydrogens (tertiary/aromatic N) is 1. The zero-order valence-electron chi connectivity index (χ0n) is 10.5. The Labute approximate surface area is 114 Å². The molecular formula is C13H12ClN3O2. The van der Waals surface area contributed by atoms with Crippen LogP contribution in [0, 0.1) is 6.92 Å². The number of rotatable bonds is 2. The molecule has 0 amide bonds. The number of benzene rings is 1. The molecule has 0 radical (unpaired) electrons. The minimum absolute atomic E-state index is 0.336. The van der Waals surface area contributed by atoms with Gasteiger partial charge in [-0.1, -0.05) is 16.8 Å². The molecule has 3 rings (SSSR count). The summed E-state index contributed by atoms with van der Waals surface area (Å²) in [6, 6.07) is 5.28. The van der Waals surface area contributed by atoms with Gasteiger partial charge in [0.2, 0.25) is 0 Å². The second-order valence-electron chi connectivity index (χ2n) is 4.24. The van der Waals surface area contributed by atoms with Gasteiger partial charge in [-0.2, -0.15) is 0 Å². The van der Waals surface area contributed by atoms with Gasteiger partial charge in [-0.3, -0.25) is 0 Å². The van der Waals surface area contributed by atoms with E-state index in [1.54, 1.807) is 19.2 Å². The third-order valence-electron chi connectivity index (χ3n) is 3.05. The maximum absolute atomic E-state index is 6.29. The number of nitrogens with two attached hydrogens (primary N) is 1. The molecule has 3 aromatic rings. The van der Waals surface area contributed by atoms with Crippen molar-refractivity contribution < 1.29 is 9.26 Å². The van der Waals surface area contributed by atoms with E-state index in [-0.39, 0.29) is 0 Å². The summed E-state index contributed by atoms with van der Waals surface area (Å²) < 4.78 is 10.6. The van der Waals surface area contributed by atoms with Gasteiger partial charge in [-0.15, -0.1) is 0 Å². The Balaban J connectivity index is 2.39. The normalized spacial score (nSPS) is 11.1. The molecule has 0 bridgehead atoms. The number of aryl methyl sites for hydroxylation is 1. The van der Waals surface area contributed by atoms with Gasteiger partial charge in [0.15, 0.2) is 11.6 Å². The Morgan fingerprint density at radius 2 is 2.21 bits per heavy atom. The first kappa shape index (κ1) is 11.9. The molecule has 1 aromatic carbocycles. The molecule has 98 valence electrons. The van der Waals surface area contributed by atoms with Gasteiger partial charge < -0.3 is 20.0 Å². The summed E-state index contributed by atoms with van der Waals surface area (Å²) in [5.74, 6) is 1.64. The van der Waals surface area contributed by atoms with Crippen LogP contribution in [0.25, 0.3) is 22.2 Å². The van der Waals surface area contributed by atoms with Crippen LogP contribution in [0.3, 0.4) is 0 Å². The van der Waals surface area contributed by atoms with Gasteiger partial charge >= 0.3 is 0 Å². The molecule has 0 atom stereocenters. The molecule has 19 heavy (non-hydrogen) atoms. The first-order valence-corrected chi connectivity index (χ1v) is 6.07. The number of aromatic amines is 1. The van der Waals surface area contributed by atoms with Crippen LogP contribution in [0.5, 0.6) is 5.75 Å². The van der Waals surface area contributed by atoms with Crippen LogP contribution in [0.1, 0.15) is 5.69 Å². The van der Waals surface area contributed by atoms with Crippen molar-refractivity contribution >= 4 is 28.3 Å². The van der Waals surface area contributed by atoms with Gasteiger partial charge in [-0.05, 0) is 19.1 Å². The number of nitrogens with one attached hydrogen (secondary N) is 1. The highest BCUT2D eigenvalue weighted by atomic mass is 35.5. The summed E-state index contributed by atoms with van der Waals surface area (Å²) in [6.07, 6.45) is 0. The molecule has 0 saturated carbocycles. The SMILES string of the molecule is COc1ccc(Cl)c2c(-c3cc(N)no3)c(C)[nH]c12. The van der Waals surface area contributed by atoms with Crippen molar-refractivity contribution in [3.05, 3.63) is 28.9 Å². The summed E-state index contributed by atoms with van der Waals surface area (Å²) in [7, 11) is 1.62. The lowest BCUT2D eigenvalue weighted by Crippen LogP contribution is -1.84. The van der Waals surface area contributed by atoms with E-state index in [1.165, 1.54) is 0 Å². The lowest BCUT2D eigenvalue weighted by atomic mass is 10.1. The molecule has 0 spiro atoms.